The van der Waals surface area contributed by atoms with Crippen molar-refractivity contribution in [3.8, 4) is 0 Å². The topological polar surface area (TPSA) is 55.2 Å². The summed E-state index contributed by atoms with van der Waals surface area (Å²) in [5.41, 5.74) is 1.22. The second kappa shape index (κ2) is 6.14. The van der Waals surface area contributed by atoms with Crippen molar-refractivity contribution in [2.75, 3.05) is 6.54 Å². The Morgan fingerprint density at radius 2 is 2.24 bits per heavy atom. The Kier molecular flexibility index (Phi) is 4.24. The van der Waals surface area contributed by atoms with E-state index in [0.29, 0.717) is 0 Å². The number of hydrogen-bond acceptors (Lipinski definition) is 3. The van der Waals surface area contributed by atoms with Crippen molar-refractivity contribution in [3.63, 3.8) is 0 Å². The lowest BCUT2D eigenvalue weighted by Gasteiger charge is -2.25. The maximum absolute atomic E-state index is 10.9. The molecule has 2 saturated carbocycles. The summed E-state index contributed by atoms with van der Waals surface area (Å²) in [7, 11) is 0. The van der Waals surface area contributed by atoms with Crippen LogP contribution in [0.4, 0.5) is 5.69 Å². The number of hydrogen-bond donors (Lipinski definition) is 1. The van der Waals surface area contributed by atoms with Crippen molar-refractivity contribution in [3.05, 3.63) is 39.9 Å². The molecule has 114 valence electrons. The predicted octanol–water partition coefficient (Wildman–Crippen LogP) is 4.07. The fraction of sp³-hybridized carbons (Fsp3) is 0.647. The van der Waals surface area contributed by atoms with Crippen molar-refractivity contribution in [2.45, 2.75) is 45.1 Å². The molecule has 2 aliphatic carbocycles. The Morgan fingerprint density at radius 3 is 2.86 bits per heavy atom. The molecule has 0 heterocycles. The van der Waals surface area contributed by atoms with Gasteiger partial charge in [0.15, 0.2) is 0 Å². The molecule has 0 spiro atoms. The van der Waals surface area contributed by atoms with Crippen LogP contribution in [-0.4, -0.2) is 11.5 Å². The lowest BCUT2D eigenvalue weighted by atomic mass is 9.88. The van der Waals surface area contributed by atoms with Crippen LogP contribution in [0.5, 0.6) is 0 Å². The summed E-state index contributed by atoms with van der Waals surface area (Å²) in [6.07, 6.45) is 6.61. The number of non-ortho nitro benzene ring substituents is 1. The Labute approximate surface area is 126 Å². The molecule has 0 radical (unpaired) electrons. The summed E-state index contributed by atoms with van der Waals surface area (Å²) in [4.78, 5) is 10.6. The normalized spacial score (nSPS) is 28.7. The molecule has 4 heteroatoms. The van der Waals surface area contributed by atoms with Gasteiger partial charge in [-0.1, -0.05) is 25.5 Å². The number of fused-ring (bicyclic) bond motifs is 2. The highest BCUT2D eigenvalue weighted by Gasteiger charge is 2.39. The van der Waals surface area contributed by atoms with E-state index in [1.807, 2.05) is 6.07 Å². The Hall–Kier alpha value is -1.42. The zero-order valence-electron chi connectivity index (χ0n) is 12.6. The third kappa shape index (κ3) is 3.10. The molecule has 1 aromatic carbocycles. The third-order valence-electron chi connectivity index (χ3n) is 5.40. The van der Waals surface area contributed by atoms with Crippen LogP contribution in [-0.2, 0) is 0 Å². The first-order valence-electron chi connectivity index (χ1n) is 8.15. The monoisotopic (exact) mass is 288 g/mol. The van der Waals surface area contributed by atoms with Gasteiger partial charge in [-0.2, -0.15) is 0 Å². The van der Waals surface area contributed by atoms with Gasteiger partial charge in [0.25, 0.3) is 5.69 Å². The van der Waals surface area contributed by atoms with Gasteiger partial charge in [-0.15, -0.1) is 0 Å². The fourth-order valence-electron chi connectivity index (χ4n) is 4.27. The van der Waals surface area contributed by atoms with Crippen LogP contribution in [0.25, 0.3) is 0 Å². The quantitative estimate of drug-likeness (QED) is 0.634. The summed E-state index contributed by atoms with van der Waals surface area (Å²) in [5.74, 6) is 2.71. The largest absolute Gasteiger partial charge is 0.310 e. The van der Waals surface area contributed by atoms with Crippen LogP contribution >= 0.6 is 0 Å². The van der Waals surface area contributed by atoms with E-state index in [1.165, 1.54) is 25.7 Å². The molecular formula is C17H24N2O2. The summed E-state index contributed by atoms with van der Waals surface area (Å²) in [5, 5.41) is 14.6. The molecule has 4 nitrogen and oxygen atoms in total. The van der Waals surface area contributed by atoms with Crippen LogP contribution in [0.15, 0.2) is 24.3 Å². The molecule has 0 aromatic heterocycles. The summed E-state index contributed by atoms with van der Waals surface area (Å²) in [6.45, 7) is 3.19. The second-order valence-electron chi connectivity index (χ2n) is 6.66. The highest BCUT2D eigenvalue weighted by atomic mass is 16.6. The molecule has 0 aliphatic heterocycles. The minimum absolute atomic E-state index is 0.188. The number of nitrogens with zero attached hydrogens (tertiary/aromatic N) is 1. The van der Waals surface area contributed by atoms with Gasteiger partial charge >= 0.3 is 0 Å². The van der Waals surface area contributed by atoms with Crippen LogP contribution < -0.4 is 5.32 Å². The molecule has 21 heavy (non-hydrogen) atoms. The van der Waals surface area contributed by atoms with E-state index in [9.17, 15) is 10.1 Å². The van der Waals surface area contributed by atoms with E-state index in [2.05, 4.69) is 12.2 Å². The number of rotatable bonds is 6. The molecule has 2 bridgehead atoms. The Morgan fingerprint density at radius 1 is 1.38 bits per heavy atom. The number of benzene rings is 1. The lowest BCUT2D eigenvalue weighted by molar-refractivity contribution is -0.384. The van der Waals surface area contributed by atoms with Crippen LogP contribution in [0, 0.1) is 27.9 Å². The van der Waals surface area contributed by atoms with Gasteiger partial charge in [0.1, 0.15) is 0 Å². The summed E-state index contributed by atoms with van der Waals surface area (Å²) >= 11 is 0. The van der Waals surface area contributed by atoms with Crippen LogP contribution in [0.3, 0.4) is 0 Å². The number of nitrogens with one attached hydrogen (secondary N) is 1. The van der Waals surface area contributed by atoms with Gasteiger partial charge in [0.05, 0.1) is 4.92 Å². The second-order valence-corrected chi connectivity index (χ2v) is 6.66. The van der Waals surface area contributed by atoms with E-state index in [-0.39, 0.29) is 16.7 Å². The zero-order valence-corrected chi connectivity index (χ0v) is 12.6. The number of nitro benzene ring substituents is 1. The van der Waals surface area contributed by atoms with E-state index in [1.54, 1.807) is 18.2 Å². The van der Waals surface area contributed by atoms with E-state index in [4.69, 9.17) is 0 Å². The molecular weight excluding hydrogens is 264 g/mol. The van der Waals surface area contributed by atoms with Gasteiger partial charge in [0, 0.05) is 18.2 Å². The van der Waals surface area contributed by atoms with Crippen molar-refractivity contribution < 1.29 is 4.92 Å². The third-order valence-corrected chi connectivity index (χ3v) is 5.40. The van der Waals surface area contributed by atoms with E-state index in [0.717, 1.165) is 36.3 Å². The average Bonchev–Trinajstić information content (AvgIpc) is 3.11. The predicted molar refractivity (Wildman–Crippen MR) is 83.1 cm³/mol. The standard InChI is InChI=1S/C17H24N2O2/c1-2-17(14-4-3-5-16(10-14)19(20)21)18-11-15-9-12-6-7-13(15)8-12/h3-5,10,12-13,15,17-18H,2,6-9,11H2,1H3. The molecule has 0 saturated heterocycles. The van der Waals surface area contributed by atoms with Crippen LogP contribution in [0.1, 0.15) is 50.6 Å². The number of nitro groups is 1. The molecule has 4 atom stereocenters. The highest BCUT2D eigenvalue weighted by Crippen LogP contribution is 2.48. The van der Waals surface area contributed by atoms with Gasteiger partial charge in [-0.3, -0.25) is 10.1 Å². The SMILES string of the molecule is CCC(NCC1CC2CCC1C2)c1cccc([N+](=O)[O-])c1. The van der Waals surface area contributed by atoms with Gasteiger partial charge in [0.2, 0.25) is 0 Å². The minimum Gasteiger partial charge on any atom is -0.310 e. The lowest BCUT2D eigenvalue weighted by Crippen LogP contribution is -2.29. The fourth-order valence-corrected chi connectivity index (χ4v) is 4.27. The van der Waals surface area contributed by atoms with E-state index >= 15 is 0 Å². The molecule has 2 aliphatic rings. The Balaban J connectivity index is 1.62. The average molecular weight is 288 g/mol. The minimum atomic E-state index is -0.313. The van der Waals surface area contributed by atoms with Crippen molar-refractivity contribution in [2.24, 2.45) is 17.8 Å². The Bertz CT molecular complexity index is 517. The smallest absolute Gasteiger partial charge is 0.269 e. The van der Waals surface area contributed by atoms with E-state index < -0.39 is 0 Å². The molecule has 0 amide bonds. The highest BCUT2D eigenvalue weighted by molar-refractivity contribution is 5.35. The molecule has 2 fully saturated rings. The maximum atomic E-state index is 10.9. The molecule has 1 N–H and O–H groups in total. The zero-order chi connectivity index (χ0) is 14.8. The molecule has 1 aromatic rings. The van der Waals surface area contributed by atoms with Crippen molar-refractivity contribution in [1.29, 1.82) is 0 Å². The van der Waals surface area contributed by atoms with Crippen molar-refractivity contribution in [1.82, 2.24) is 5.32 Å². The first kappa shape index (κ1) is 14.5. The first-order valence-corrected chi connectivity index (χ1v) is 8.15. The molecule has 3 rings (SSSR count). The van der Waals surface area contributed by atoms with Gasteiger partial charge in [-0.25, -0.2) is 0 Å². The van der Waals surface area contributed by atoms with Gasteiger partial charge in [-0.05, 0) is 55.5 Å². The summed E-state index contributed by atoms with van der Waals surface area (Å²) in [6, 6.07) is 7.28. The molecule has 4 unspecified atom stereocenters. The van der Waals surface area contributed by atoms with Gasteiger partial charge < -0.3 is 5.32 Å². The van der Waals surface area contributed by atoms with Crippen LogP contribution in [0.2, 0.25) is 0 Å². The summed E-state index contributed by atoms with van der Waals surface area (Å²) < 4.78 is 0. The first-order chi connectivity index (χ1) is 10.2. The van der Waals surface area contributed by atoms with Crippen molar-refractivity contribution >= 4 is 5.69 Å². The maximum Gasteiger partial charge on any atom is 0.269 e.